The van der Waals surface area contributed by atoms with Crippen LogP contribution >= 0.6 is 0 Å². The Morgan fingerprint density at radius 1 is 1.25 bits per heavy atom. The maximum atomic E-state index is 12.0. The highest BCUT2D eigenvalue weighted by atomic mass is 16.2. The Labute approximate surface area is 97.6 Å². The Morgan fingerprint density at radius 2 is 1.81 bits per heavy atom. The van der Waals surface area contributed by atoms with E-state index < -0.39 is 0 Å². The lowest BCUT2D eigenvalue weighted by Gasteiger charge is -2.43. The average molecular weight is 226 g/mol. The normalized spacial score (nSPS) is 19.9. The number of hydrogen-bond acceptors (Lipinski definition) is 2. The van der Waals surface area contributed by atoms with E-state index in [4.69, 9.17) is 0 Å². The molecule has 16 heavy (non-hydrogen) atoms. The predicted octanol–water partition coefficient (Wildman–Crippen LogP) is 1.11. The van der Waals surface area contributed by atoms with Crippen LogP contribution in [0.5, 0.6) is 0 Å². The third-order valence-corrected chi connectivity index (χ3v) is 3.20. The predicted molar refractivity (Wildman–Crippen MR) is 62.9 cm³/mol. The van der Waals surface area contributed by atoms with Crippen LogP contribution in [0.4, 0.5) is 0 Å². The lowest BCUT2D eigenvalue weighted by molar-refractivity contribution is -0.154. The summed E-state index contributed by atoms with van der Waals surface area (Å²) in [4.78, 5) is 27.2. The van der Waals surface area contributed by atoms with Crippen molar-refractivity contribution >= 4 is 11.8 Å². The highest BCUT2D eigenvalue weighted by Gasteiger charge is 2.39. The first-order valence-corrected chi connectivity index (χ1v) is 5.93. The Balaban J connectivity index is 2.62. The Morgan fingerprint density at radius 3 is 2.12 bits per heavy atom. The summed E-state index contributed by atoms with van der Waals surface area (Å²) >= 11 is 0. The fourth-order valence-corrected chi connectivity index (χ4v) is 1.73. The van der Waals surface area contributed by atoms with E-state index >= 15 is 0 Å². The summed E-state index contributed by atoms with van der Waals surface area (Å²) in [5.41, 5.74) is 0. The second kappa shape index (κ2) is 4.85. The summed E-state index contributed by atoms with van der Waals surface area (Å²) in [7, 11) is 1.79. The minimum absolute atomic E-state index is 0.0278. The van der Waals surface area contributed by atoms with E-state index in [0.29, 0.717) is 0 Å². The van der Waals surface area contributed by atoms with Crippen LogP contribution in [0.25, 0.3) is 0 Å². The molecule has 1 unspecified atom stereocenters. The molecule has 1 fully saturated rings. The minimum atomic E-state index is -0.220. The van der Waals surface area contributed by atoms with Crippen molar-refractivity contribution in [1.29, 1.82) is 0 Å². The Kier molecular flexibility index (Phi) is 3.94. The van der Waals surface area contributed by atoms with E-state index in [1.807, 2.05) is 27.7 Å². The molecule has 4 heteroatoms. The smallest absolute Gasteiger partial charge is 0.245 e. The highest BCUT2D eigenvalue weighted by Crippen LogP contribution is 2.22. The molecule has 0 N–H and O–H groups in total. The topological polar surface area (TPSA) is 40.6 Å². The fourth-order valence-electron chi connectivity index (χ4n) is 1.73. The molecule has 0 bridgehead atoms. The first-order chi connectivity index (χ1) is 7.36. The van der Waals surface area contributed by atoms with Gasteiger partial charge < -0.3 is 9.80 Å². The molecule has 0 aromatic heterocycles. The minimum Gasteiger partial charge on any atom is -0.342 e. The van der Waals surface area contributed by atoms with E-state index in [0.717, 1.165) is 13.0 Å². The van der Waals surface area contributed by atoms with Crippen LogP contribution in [0, 0.1) is 5.92 Å². The molecule has 1 heterocycles. The molecule has 1 aliphatic heterocycles. The van der Waals surface area contributed by atoms with Crippen LogP contribution < -0.4 is 0 Å². The van der Waals surface area contributed by atoms with Crippen molar-refractivity contribution in [2.75, 3.05) is 13.6 Å². The van der Waals surface area contributed by atoms with Crippen LogP contribution in [-0.4, -0.2) is 47.3 Å². The summed E-state index contributed by atoms with van der Waals surface area (Å²) in [5, 5.41) is 0. The van der Waals surface area contributed by atoms with Crippen molar-refractivity contribution in [2.45, 2.75) is 46.2 Å². The zero-order valence-electron chi connectivity index (χ0n) is 10.9. The van der Waals surface area contributed by atoms with Crippen molar-refractivity contribution in [1.82, 2.24) is 9.80 Å². The molecule has 0 aromatic carbocycles. The monoisotopic (exact) mass is 226 g/mol. The van der Waals surface area contributed by atoms with Gasteiger partial charge in [-0.15, -0.1) is 0 Å². The zero-order valence-corrected chi connectivity index (χ0v) is 10.9. The zero-order chi connectivity index (χ0) is 12.5. The van der Waals surface area contributed by atoms with Crippen LogP contribution in [0.3, 0.4) is 0 Å². The van der Waals surface area contributed by atoms with Gasteiger partial charge in [0.05, 0.1) is 0 Å². The van der Waals surface area contributed by atoms with Crippen LogP contribution in [-0.2, 0) is 9.59 Å². The molecule has 0 aromatic rings. The second-order valence-electron chi connectivity index (χ2n) is 5.03. The van der Waals surface area contributed by atoms with E-state index in [1.165, 1.54) is 0 Å². The molecule has 1 saturated heterocycles. The number of likely N-dealkylation sites (N-methyl/N-ethyl adjacent to an activating group) is 1. The van der Waals surface area contributed by atoms with Crippen molar-refractivity contribution in [3.05, 3.63) is 0 Å². The van der Waals surface area contributed by atoms with Gasteiger partial charge in [-0.1, -0.05) is 13.8 Å². The van der Waals surface area contributed by atoms with E-state index in [-0.39, 0.29) is 29.8 Å². The van der Waals surface area contributed by atoms with Gasteiger partial charge >= 0.3 is 0 Å². The lowest BCUT2D eigenvalue weighted by atomic mass is 9.98. The third-order valence-electron chi connectivity index (χ3n) is 3.20. The summed E-state index contributed by atoms with van der Waals surface area (Å²) in [6.07, 6.45) is 0.800. The standard InChI is InChI=1S/C12H22N2O2/c1-8(2)11(15)14-7-6-10(14)12(16)13(5)9(3)4/h8-10H,6-7H2,1-5H3. The molecule has 0 radical (unpaired) electrons. The molecule has 1 atom stereocenters. The van der Waals surface area contributed by atoms with Crippen LogP contribution in [0.15, 0.2) is 0 Å². The van der Waals surface area contributed by atoms with Gasteiger partial charge in [-0.25, -0.2) is 0 Å². The average Bonchev–Trinajstić information content (AvgIpc) is 2.14. The van der Waals surface area contributed by atoms with Crippen molar-refractivity contribution in [3.63, 3.8) is 0 Å². The molecule has 92 valence electrons. The maximum absolute atomic E-state index is 12.0. The number of rotatable bonds is 3. The summed E-state index contributed by atoms with van der Waals surface area (Å²) in [6.45, 7) is 8.42. The molecule has 2 amide bonds. The van der Waals surface area contributed by atoms with Gasteiger partial charge in [-0.3, -0.25) is 9.59 Å². The van der Waals surface area contributed by atoms with Gasteiger partial charge in [0, 0.05) is 25.6 Å². The summed E-state index contributed by atoms with van der Waals surface area (Å²) < 4.78 is 0. The van der Waals surface area contributed by atoms with Gasteiger partial charge in [0.25, 0.3) is 0 Å². The molecule has 0 saturated carbocycles. The van der Waals surface area contributed by atoms with E-state index in [9.17, 15) is 9.59 Å². The molecule has 4 nitrogen and oxygen atoms in total. The van der Waals surface area contributed by atoms with Crippen LogP contribution in [0.2, 0.25) is 0 Å². The molecule has 0 spiro atoms. The maximum Gasteiger partial charge on any atom is 0.245 e. The van der Waals surface area contributed by atoms with Gasteiger partial charge in [0.15, 0.2) is 0 Å². The first kappa shape index (κ1) is 13.0. The Hall–Kier alpha value is -1.06. The lowest BCUT2D eigenvalue weighted by Crippen LogP contribution is -2.60. The highest BCUT2D eigenvalue weighted by molar-refractivity contribution is 5.90. The third kappa shape index (κ3) is 2.36. The molecule has 1 aliphatic rings. The molecule has 1 rings (SSSR count). The number of hydrogen-bond donors (Lipinski definition) is 0. The van der Waals surface area contributed by atoms with Crippen molar-refractivity contribution in [2.24, 2.45) is 5.92 Å². The van der Waals surface area contributed by atoms with E-state index in [1.54, 1.807) is 16.8 Å². The molecular formula is C12H22N2O2. The quantitative estimate of drug-likeness (QED) is 0.723. The fraction of sp³-hybridized carbons (Fsp3) is 0.833. The van der Waals surface area contributed by atoms with Crippen LogP contribution in [0.1, 0.15) is 34.1 Å². The number of amides is 2. The number of likely N-dealkylation sites (tertiary alicyclic amines) is 1. The number of nitrogens with zero attached hydrogens (tertiary/aromatic N) is 2. The number of carbonyl (C=O) groups excluding carboxylic acids is 2. The number of carbonyl (C=O) groups is 2. The van der Waals surface area contributed by atoms with Gasteiger partial charge in [-0.2, -0.15) is 0 Å². The van der Waals surface area contributed by atoms with Gasteiger partial charge in [-0.05, 0) is 20.3 Å². The van der Waals surface area contributed by atoms with Gasteiger partial charge in [0.1, 0.15) is 6.04 Å². The molecular weight excluding hydrogens is 204 g/mol. The summed E-state index contributed by atoms with van der Waals surface area (Å²) in [6, 6.07) is -0.0357. The summed E-state index contributed by atoms with van der Waals surface area (Å²) in [5.74, 6) is 0.122. The van der Waals surface area contributed by atoms with Gasteiger partial charge in [0.2, 0.25) is 11.8 Å². The second-order valence-corrected chi connectivity index (χ2v) is 5.03. The van der Waals surface area contributed by atoms with E-state index in [2.05, 4.69) is 0 Å². The Bertz CT molecular complexity index is 287. The SMILES string of the molecule is CC(C)C(=O)N1CCC1C(=O)N(C)C(C)C. The van der Waals surface area contributed by atoms with Crippen molar-refractivity contribution < 1.29 is 9.59 Å². The molecule has 0 aliphatic carbocycles. The first-order valence-electron chi connectivity index (χ1n) is 5.93. The largest absolute Gasteiger partial charge is 0.342 e. The van der Waals surface area contributed by atoms with Crippen molar-refractivity contribution in [3.8, 4) is 0 Å².